The van der Waals surface area contributed by atoms with Gasteiger partial charge in [-0.05, 0) is 24.8 Å². The summed E-state index contributed by atoms with van der Waals surface area (Å²) >= 11 is 0. The van der Waals surface area contributed by atoms with Crippen molar-refractivity contribution in [2.75, 3.05) is 6.61 Å². The molecule has 2 rings (SSSR count). The van der Waals surface area contributed by atoms with Gasteiger partial charge < -0.3 is 15.3 Å². The van der Waals surface area contributed by atoms with E-state index in [1.54, 1.807) is 0 Å². The molecular formula is C14H19NO5. The molecule has 6 heteroatoms. The SMILES string of the molecule is CCC(O)C#CC1C(O)CC2=C(NOCC(=O)O)CC21. The fourth-order valence-corrected chi connectivity index (χ4v) is 2.59. The number of hydroxylamine groups is 1. The second kappa shape index (κ2) is 6.27. The van der Waals surface area contributed by atoms with Crippen molar-refractivity contribution in [1.82, 2.24) is 5.48 Å². The first-order valence-electron chi connectivity index (χ1n) is 6.71. The van der Waals surface area contributed by atoms with Gasteiger partial charge in [-0.15, -0.1) is 0 Å². The quantitative estimate of drug-likeness (QED) is 0.419. The predicted molar refractivity (Wildman–Crippen MR) is 70.0 cm³/mol. The molecule has 4 atom stereocenters. The lowest BCUT2D eigenvalue weighted by molar-refractivity contribution is -0.144. The van der Waals surface area contributed by atoms with Crippen molar-refractivity contribution in [2.24, 2.45) is 11.8 Å². The Morgan fingerprint density at radius 3 is 2.95 bits per heavy atom. The summed E-state index contributed by atoms with van der Waals surface area (Å²) in [5.74, 6) is 4.70. The van der Waals surface area contributed by atoms with Crippen LogP contribution in [0.3, 0.4) is 0 Å². The van der Waals surface area contributed by atoms with Crippen molar-refractivity contribution < 1.29 is 25.0 Å². The number of carboxylic acids is 1. The van der Waals surface area contributed by atoms with Crippen molar-refractivity contribution in [3.63, 3.8) is 0 Å². The second-order valence-corrected chi connectivity index (χ2v) is 5.11. The molecule has 2 aliphatic rings. The van der Waals surface area contributed by atoms with Crippen LogP contribution in [-0.2, 0) is 9.63 Å². The van der Waals surface area contributed by atoms with E-state index < -0.39 is 24.8 Å². The maximum Gasteiger partial charge on any atom is 0.332 e. The molecule has 0 aliphatic heterocycles. The summed E-state index contributed by atoms with van der Waals surface area (Å²) < 4.78 is 0. The molecule has 4 N–H and O–H groups in total. The van der Waals surface area contributed by atoms with Crippen molar-refractivity contribution in [2.45, 2.75) is 38.4 Å². The maximum absolute atomic E-state index is 10.3. The van der Waals surface area contributed by atoms with Crippen LogP contribution >= 0.6 is 0 Å². The number of nitrogens with one attached hydrogen (secondary N) is 1. The van der Waals surface area contributed by atoms with Gasteiger partial charge in [-0.1, -0.05) is 18.8 Å². The Kier molecular flexibility index (Phi) is 4.65. The number of carboxylic acid groups (broad SMARTS) is 1. The maximum atomic E-state index is 10.3. The summed E-state index contributed by atoms with van der Waals surface area (Å²) in [6.07, 6.45) is 0.592. The summed E-state index contributed by atoms with van der Waals surface area (Å²) in [6.45, 7) is 1.44. The normalized spacial score (nSPS) is 29.1. The Labute approximate surface area is 117 Å². The van der Waals surface area contributed by atoms with E-state index >= 15 is 0 Å². The summed E-state index contributed by atoms with van der Waals surface area (Å²) in [5.41, 5.74) is 4.52. The zero-order valence-electron chi connectivity index (χ0n) is 11.3. The van der Waals surface area contributed by atoms with Crippen molar-refractivity contribution in [1.29, 1.82) is 0 Å². The van der Waals surface area contributed by atoms with Crippen LogP contribution in [0.2, 0.25) is 0 Å². The van der Waals surface area contributed by atoms with Crippen LogP contribution in [0, 0.1) is 23.7 Å². The molecule has 0 aromatic heterocycles. The van der Waals surface area contributed by atoms with E-state index in [9.17, 15) is 15.0 Å². The second-order valence-electron chi connectivity index (χ2n) is 5.11. The largest absolute Gasteiger partial charge is 0.479 e. The van der Waals surface area contributed by atoms with Gasteiger partial charge in [0.15, 0.2) is 6.61 Å². The van der Waals surface area contributed by atoms with Crippen molar-refractivity contribution in [3.8, 4) is 11.8 Å². The van der Waals surface area contributed by atoms with Gasteiger partial charge in [0.05, 0.1) is 12.0 Å². The number of carbonyl (C=O) groups is 1. The van der Waals surface area contributed by atoms with Crippen LogP contribution in [0.5, 0.6) is 0 Å². The number of aliphatic hydroxyl groups excluding tert-OH is 2. The number of fused-ring (bicyclic) bond motifs is 1. The predicted octanol–water partition coefficient (Wildman–Crippen LogP) is 0.0213. The van der Waals surface area contributed by atoms with Gasteiger partial charge in [-0.25, -0.2) is 4.79 Å². The highest BCUT2D eigenvalue weighted by atomic mass is 16.7. The fraction of sp³-hybridized carbons (Fsp3) is 0.643. The van der Waals surface area contributed by atoms with E-state index in [2.05, 4.69) is 17.3 Å². The first kappa shape index (κ1) is 14.9. The third-order valence-corrected chi connectivity index (χ3v) is 3.73. The highest BCUT2D eigenvalue weighted by Gasteiger charge is 2.45. The number of hydrogen-bond donors (Lipinski definition) is 4. The highest BCUT2D eigenvalue weighted by Crippen LogP contribution is 2.48. The minimum Gasteiger partial charge on any atom is -0.479 e. The Bertz CT molecular complexity index is 476. The molecule has 0 radical (unpaired) electrons. The number of aliphatic carboxylic acids is 1. The molecule has 0 heterocycles. The van der Waals surface area contributed by atoms with E-state index in [1.807, 2.05) is 6.92 Å². The van der Waals surface area contributed by atoms with Gasteiger partial charge in [-0.2, -0.15) is 0 Å². The minimum absolute atomic E-state index is 0.156. The molecule has 20 heavy (non-hydrogen) atoms. The monoisotopic (exact) mass is 281 g/mol. The molecule has 2 aliphatic carbocycles. The average Bonchev–Trinajstić information content (AvgIpc) is 2.64. The zero-order chi connectivity index (χ0) is 14.7. The van der Waals surface area contributed by atoms with Gasteiger partial charge >= 0.3 is 5.97 Å². The molecule has 4 unspecified atom stereocenters. The van der Waals surface area contributed by atoms with Gasteiger partial charge in [0.2, 0.25) is 0 Å². The van der Waals surface area contributed by atoms with E-state index in [4.69, 9.17) is 9.94 Å². The van der Waals surface area contributed by atoms with Crippen LogP contribution in [0.15, 0.2) is 11.3 Å². The standard InChI is InChI=1S/C14H19NO5/c1-2-8(16)3-4-9-10-5-12(11(10)6-13(9)17)15-20-7-14(18)19/h8-10,13,15-17H,2,5-7H2,1H3,(H,18,19). The van der Waals surface area contributed by atoms with Crippen LogP contribution < -0.4 is 5.48 Å². The van der Waals surface area contributed by atoms with E-state index in [1.165, 1.54) is 0 Å². The minimum atomic E-state index is -1.04. The van der Waals surface area contributed by atoms with Crippen molar-refractivity contribution >= 4 is 5.97 Å². The molecule has 0 spiro atoms. The molecule has 110 valence electrons. The van der Waals surface area contributed by atoms with Crippen molar-refractivity contribution in [3.05, 3.63) is 11.3 Å². The Morgan fingerprint density at radius 2 is 2.30 bits per heavy atom. The van der Waals surface area contributed by atoms with Crippen LogP contribution in [0.4, 0.5) is 0 Å². The molecule has 0 bridgehead atoms. The van der Waals surface area contributed by atoms with E-state index in [0.717, 1.165) is 11.3 Å². The number of hydrogen-bond acceptors (Lipinski definition) is 5. The smallest absolute Gasteiger partial charge is 0.332 e. The Balaban J connectivity index is 1.93. The summed E-state index contributed by atoms with van der Waals surface area (Å²) in [4.78, 5) is 15.2. The van der Waals surface area contributed by atoms with E-state index in [0.29, 0.717) is 19.3 Å². The molecule has 6 nitrogen and oxygen atoms in total. The molecule has 0 aromatic carbocycles. The zero-order valence-corrected chi connectivity index (χ0v) is 11.3. The molecular weight excluding hydrogens is 262 g/mol. The lowest BCUT2D eigenvalue weighted by atomic mass is 9.79. The van der Waals surface area contributed by atoms with Gasteiger partial charge in [0.1, 0.15) is 6.10 Å². The fourth-order valence-electron chi connectivity index (χ4n) is 2.59. The first-order valence-corrected chi connectivity index (χ1v) is 6.71. The Morgan fingerprint density at radius 1 is 1.55 bits per heavy atom. The topological polar surface area (TPSA) is 99.0 Å². The molecule has 0 aromatic rings. The third kappa shape index (κ3) is 3.12. The molecule has 0 saturated heterocycles. The van der Waals surface area contributed by atoms with Gasteiger partial charge in [0.25, 0.3) is 0 Å². The molecule has 0 amide bonds. The van der Waals surface area contributed by atoms with Gasteiger partial charge in [0, 0.05) is 11.6 Å². The number of rotatable bonds is 5. The van der Waals surface area contributed by atoms with E-state index in [-0.39, 0.29) is 11.8 Å². The van der Waals surface area contributed by atoms with Crippen LogP contribution in [0.25, 0.3) is 0 Å². The van der Waals surface area contributed by atoms with Gasteiger partial charge in [-0.3, -0.25) is 10.3 Å². The number of allylic oxidation sites excluding steroid dienone is 1. The highest BCUT2D eigenvalue weighted by molar-refractivity contribution is 5.67. The average molecular weight is 281 g/mol. The number of aliphatic hydroxyl groups is 2. The van der Waals surface area contributed by atoms with Crippen LogP contribution in [0.1, 0.15) is 26.2 Å². The summed E-state index contributed by atoms with van der Waals surface area (Å²) in [6, 6.07) is 0. The summed E-state index contributed by atoms with van der Waals surface area (Å²) in [5, 5.41) is 27.9. The lowest BCUT2D eigenvalue weighted by Crippen LogP contribution is -2.30. The summed E-state index contributed by atoms with van der Waals surface area (Å²) in [7, 11) is 0. The Hall–Kier alpha value is -1.55. The molecule has 1 saturated carbocycles. The van der Waals surface area contributed by atoms with Crippen LogP contribution in [-0.4, -0.2) is 40.1 Å². The lowest BCUT2D eigenvalue weighted by Gasteiger charge is -2.30. The molecule has 1 fully saturated rings. The third-order valence-electron chi connectivity index (χ3n) is 3.73. The first-order chi connectivity index (χ1) is 9.52.